The van der Waals surface area contributed by atoms with Crippen LogP contribution in [0.5, 0.6) is 0 Å². The quantitative estimate of drug-likeness (QED) is 0.188. The van der Waals surface area contributed by atoms with Gasteiger partial charge in [-0.2, -0.15) is 0 Å². The van der Waals surface area contributed by atoms with E-state index in [1.165, 1.54) is 0 Å². The first kappa shape index (κ1) is 21.8. The molecule has 0 spiro atoms. The summed E-state index contributed by atoms with van der Waals surface area (Å²) in [5.41, 5.74) is 5.27. The predicted molar refractivity (Wildman–Crippen MR) is 79.9 cm³/mol. The van der Waals surface area contributed by atoms with Gasteiger partial charge in [0.15, 0.2) is 0 Å². The van der Waals surface area contributed by atoms with Gasteiger partial charge in [0.25, 0.3) is 0 Å². The zero-order valence-corrected chi connectivity index (χ0v) is 13.0. The largest absolute Gasteiger partial charge is 0.481 e. The summed E-state index contributed by atoms with van der Waals surface area (Å²) >= 11 is 0. The number of hydrogen-bond donors (Lipinski definition) is 7. The second-order valence-electron chi connectivity index (χ2n) is 4.65. The summed E-state index contributed by atoms with van der Waals surface area (Å²) in [6.45, 7) is -2.06. The molecule has 0 saturated carbocycles. The molecule has 13 nitrogen and oxygen atoms in total. The Morgan fingerprint density at radius 3 is 1.48 bits per heavy atom. The van der Waals surface area contributed by atoms with Crippen LogP contribution >= 0.6 is 0 Å². The van der Waals surface area contributed by atoms with E-state index in [9.17, 15) is 28.8 Å². The molecule has 0 unspecified atom stereocenters. The van der Waals surface area contributed by atoms with Crippen molar-refractivity contribution in [2.75, 3.05) is 26.2 Å². The van der Waals surface area contributed by atoms with Gasteiger partial charge in [0.1, 0.15) is 6.54 Å². The third kappa shape index (κ3) is 11.9. The van der Waals surface area contributed by atoms with Gasteiger partial charge in [-0.3, -0.25) is 28.8 Å². The van der Waals surface area contributed by atoms with Crippen LogP contribution in [0.25, 0.3) is 0 Å². The molecule has 0 aliphatic carbocycles. The Balaban J connectivity index is 3.92. The maximum atomic E-state index is 11.4. The first-order valence-electron chi connectivity index (χ1n) is 6.88. The van der Waals surface area contributed by atoms with Crippen LogP contribution in [-0.4, -0.2) is 78.0 Å². The molecule has 0 aromatic carbocycles. The van der Waals surface area contributed by atoms with E-state index < -0.39 is 74.2 Å². The molecular weight excluding hydrogens is 342 g/mol. The van der Waals surface area contributed by atoms with Crippen LogP contribution < -0.4 is 27.0 Å². The van der Waals surface area contributed by atoms with Crippen LogP contribution in [0.3, 0.4) is 0 Å². The van der Waals surface area contributed by atoms with Crippen LogP contribution in [0.4, 0.5) is 0 Å². The van der Waals surface area contributed by atoms with Crippen molar-refractivity contribution in [2.45, 2.75) is 12.5 Å². The van der Waals surface area contributed by atoms with Crippen molar-refractivity contribution >= 4 is 35.6 Å². The number of carbonyl (C=O) groups is 6. The number of hydrogen-bond acceptors (Lipinski definition) is 7. The first-order chi connectivity index (χ1) is 11.6. The molecule has 4 amide bonds. The molecule has 8 N–H and O–H groups in total. The molecule has 0 aliphatic rings. The van der Waals surface area contributed by atoms with Gasteiger partial charge in [0.05, 0.1) is 32.1 Å². The normalized spacial score (nSPS) is 10.9. The van der Waals surface area contributed by atoms with E-state index in [-0.39, 0.29) is 0 Å². The number of nitrogens with one attached hydrogen (secondary N) is 4. The van der Waals surface area contributed by atoms with E-state index in [0.29, 0.717) is 0 Å². The summed E-state index contributed by atoms with van der Waals surface area (Å²) in [4.78, 5) is 65.8. The Morgan fingerprint density at radius 1 is 0.680 bits per heavy atom. The molecule has 0 radical (unpaired) electrons. The van der Waals surface area contributed by atoms with Gasteiger partial charge < -0.3 is 37.2 Å². The van der Waals surface area contributed by atoms with Gasteiger partial charge in [0.2, 0.25) is 23.6 Å². The molecule has 1 atom stereocenters. The molecule has 0 aromatic heterocycles. The molecule has 0 fully saturated rings. The van der Waals surface area contributed by atoms with Gasteiger partial charge in [0, 0.05) is 0 Å². The first-order valence-corrected chi connectivity index (χ1v) is 6.88. The number of carboxylic acid groups (broad SMARTS) is 2. The fraction of sp³-hybridized carbons (Fsp3) is 0.500. The van der Waals surface area contributed by atoms with Crippen molar-refractivity contribution in [2.24, 2.45) is 5.73 Å². The van der Waals surface area contributed by atoms with Gasteiger partial charge >= 0.3 is 11.9 Å². The van der Waals surface area contributed by atoms with Crippen molar-refractivity contribution in [1.82, 2.24) is 21.3 Å². The fourth-order valence-electron chi connectivity index (χ4n) is 1.30. The van der Waals surface area contributed by atoms with E-state index in [2.05, 4.69) is 16.0 Å². The predicted octanol–water partition coefficient (Wildman–Crippen LogP) is -4.66. The lowest BCUT2D eigenvalue weighted by atomic mass is 10.2. The van der Waals surface area contributed by atoms with Crippen LogP contribution in [-0.2, 0) is 28.8 Å². The molecule has 25 heavy (non-hydrogen) atoms. The van der Waals surface area contributed by atoms with Crippen molar-refractivity contribution in [3.8, 4) is 0 Å². The minimum atomic E-state index is -1.31. The highest BCUT2D eigenvalue weighted by Crippen LogP contribution is 1.87. The topological polar surface area (TPSA) is 217 Å². The summed E-state index contributed by atoms with van der Waals surface area (Å²) in [6.07, 6.45) is -0.597. The lowest BCUT2D eigenvalue weighted by molar-refractivity contribution is -0.139. The minimum absolute atomic E-state index is 0.469. The zero-order valence-electron chi connectivity index (χ0n) is 13.0. The fourth-order valence-corrected chi connectivity index (χ4v) is 1.30. The molecule has 0 aliphatic heterocycles. The summed E-state index contributed by atoms with van der Waals surface area (Å²) < 4.78 is 0. The Labute approximate surface area is 141 Å². The standard InChI is InChI=1S/C12H19N5O8/c13-6(1-10(21)22)12(25)17-4-9(20)15-2-7(18)14-3-8(19)16-5-11(23)24/h6H,1-5,13H2,(H,14,18)(H,15,20)(H,16,19)(H,17,25)(H,21,22)(H,23,24)/t6-/m0/s1. The average Bonchev–Trinajstić information content (AvgIpc) is 2.53. The van der Waals surface area contributed by atoms with Crippen LogP contribution in [0, 0.1) is 0 Å². The van der Waals surface area contributed by atoms with Crippen LogP contribution in [0.1, 0.15) is 6.42 Å². The number of carbonyl (C=O) groups excluding carboxylic acids is 4. The van der Waals surface area contributed by atoms with Crippen LogP contribution in [0.2, 0.25) is 0 Å². The molecule has 140 valence electrons. The van der Waals surface area contributed by atoms with Gasteiger partial charge in [-0.1, -0.05) is 0 Å². The SMILES string of the molecule is N[C@@H](CC(=O)O)C(=O)NCC(=O)NCC(=O)NCC(=O)NCC(=O)O. The number of amides is 4. The van der Waals surface area contributed by atoms with Gasteiger partial charge in [-0.15, -0.1) is 0 Å². The second-order valence-corrected chi connectivity index (χ2v) is 4.65. The molecule has 0 aromatic rings. The molecule has 13 heteroatoms. The Hall–Kier alpha value is -3.22. The third-order valence-corrected chi connectivity index (χ3v) is 2.48. The second kappa shape index (κ2) is 11.3. The minimum Gasteiger partial charge on any atom is -0.481 e. The van der Waals surface area contributed by atoms with Gasteiger partial charge in [-0.05, 0) is 0 Å². The summed E-state index contributed by atoms with van der Waals surface area (Å²) in [6, 6.07) is -1.31. The monoisotopic (exact) mass is 361 g/mol. The maximum Gasteiger partial charge on any atom is 0.322 e. The van der Waals surface area contributed by atoms with E-state index in [1.807, 2.05) is 5.32 Å². The summed E-state index contributed by atoms with van der Waals surface area (Å²) in [5.74, 6) is -5.51. The van der Waals surface area contributed by atoms with E-state index >= 15 is 0 Å². The molecular formula is C12H19N5O8. The summed E-state index contributed by atoms with van der Waals surface area (Å²) in [7, 11) is 0. The van der Waals surface area contributed by atoms with Crippen molar-refractivity contribution in [1.29, 1.82) is 0 Å². The van der Waals surface area contributed by atoms with Crippen molar-refractivity contribution < 1.29 is 39.0 Å². The highest BCUT2D eigenvalue weighted by Gasteiger charge is 2.17. The smallest absolute Gasteiger partial charge is 0.322 e. The Bertz CT molecular complexity index is 550. The van der Waals surface area contributed by atoms with E-state index in [1.54, 1.807) is 0 Å². The lowest BCUT2D eigenvalue weighted by Gasteiger charge is -2.10. The number of rotatable bonds is 11. The Kier molecular flexibility index (Phi) is 9.88. The lowest BCUT2D eigenvalue weighted by Crippen LogP contribution is -2.47. The number of aliphatic carboxylic acids is 2. The highest BCUT2D eigenvalue weighted by atomic mass is 16.4. The number of nitrogens with two attached hydrogens (primary N) is 1. The third-order valence-electron chi connectivity index (χ3n) is 2.48. The van der Waals surface area contributed by atoms with Crippen LogP contribution in [0.15, 0.2) is 0 Å². The molecule has 0 bridgehead atoms. The molecule has 0 rings (SSSR count). The van der Waals surface area contributed by atoms with Crippen molar-refractivity contribution in [3.05, 3.63) is 0 Å². The molecule has 0 saturated heterocycles. The van der Waals surface area contributed by atoms with E-state index in [4.69, 9.17) is 15.9 Å². The van der Waals surface area contributed by atoms with Gasteiger partial charge in [-0.25, -0.2) is 0 Å². The van der Waals surface area contributed by atoms with Crippen molar-refractivity contribution in [3.63, 3.8) is 0 Å². The Morgan fingerprint density at radius 2 is 1.08 bits per heavy atom. The average molecular weight is 361 g/mol. The highest BCUT2D eigenvalue weighted by molar-refractivity contribution is 5.92. The summed E-state index contributed by atoms with van der Waals surface area (Å²) in [5, 5.41) is 25.2. The number of carboxylic acids is 2. The molecule has 0 heterocycles. The maximum absolute atomic E-state index is 11.4. The van der Waals surface area contributed by atoms with E-state index in [0.717, 1.165) is 0 Å². The zero-order chi connectivity index (χ0) is 19.4.